The Morgan fingerprint density at radius 2 is 1.78 bits per heavy atom. The topological polar surface area (TPSA) is 91.9 Å². The van der Waals surface area contributed by atoms with Gasteiger partial charge in [-0.1, -0.05) is 23.4 Å². The second-order valence-corrected chi connectivity index (χ2v) is 12.3. The van der Waals surface area contributed by atoms with E-state index in [0.717, 1.165) is 117 Å². The van der Waals surface area contributed by atoms with Crippen LogP contribution >= 0.6 is 0 Å². The van der Waals surface area contributed by atoms with E-state index in [9.17, 15) is 4.79 Å². The number of benzene rings is 2. The fourth-order valence-electron chi connectivity index (χ4n) is 6.12. The monoisotopic (exact) mass is 617 g/mol. The number of nitrogens with zero attached hydrogens (tertiary/aromatic N) is 6. The fraction of sp³-hybridized carbons (Fsp3) is 0.514. The molecular weight excluding hydrogens is 566 g/mol. The SMILES string of the molecule is CCNC(=O)CN1CCN(CCn2c(CCc3ccc(OCCCN(C)C)cc3)nc3cc(-c4c(C)noc4C)ccc32)CC1.[HH]. The Morgan fingerprint density at radius 1 is 1.02 bits per heavy atom. The second-order valence-electron chi connectivity index (χ2n) is 12.3. The summed E-state index contributed by atoms with van der Waals surface area (Å²) in [4.78, 5) is 24.1. The maximum Gasteiger partial charge on any atom is 0.234 e. The third kappa shape index (κ3) is 8.71. The molecule has 1 N–H and O–H groups in total. The molecule has 0 radical (unpaired) electrons. The Hall–Kier alpha value is -3.73. The summed E-state index contributed by atoms with van der Waals surface area (Å²) in [6, 6.07) is 15.0. The number of imidazole rings is 1. The molecule has 3 heterocycles. The van der Waals surface area contributed by atoms with Crippen molar-refractivity contribution in [1.82, 2.24) is 34.7 Å². The average molecular weight is 618 g/mol. The maximum absolute atomic E-state index is 12.0. The number of aryl methyl sites for hydroxylation is 4. The van der Waals surface area contributed by atoms with Crippen LogP contribution in [0.4, 0.5) is 0 Å². The first-order valence-electron chi connectivity index (χ1n) is 16.3. The zero-order valence-electron chi connectivity index (χ0n) is 27.6. The van der Waals surface area contributed by atoms with Gasteiger partial charge in [-0.15, -0.1) is 0 Å². The summed E-state index contributed by atoms with van der Waals surface area (Å²) in [5, 5.41) is 7.07. The number of carbonyl (C=O) groups excluding carboxylic acids is 1. The molecule has 1 saturated heterocycles. The smallest absolute Gasteiger partial charge is 0.234 e. The first-order chi connectivity index (χ1) is 21.8. The van der Waals surface area contributed by atoms with Crippen LogP contribution in [0, 0.1) is 13.8 Å². The highest BCUT2D eigenvalue weighted by molar-refractivity contribution is 5.83. The summed E-state index contributed by atoms with van der Waals surface area (Å²) in [6.07, 6.45) is 2.76. The summed E-state index contributed by atoms with van der Waals surface area (Å²) in [5.41, 5.74) is 6.44. The minimum absolute atomic E-state index is 0. The van der Waals surface area contributed by atoms with Gasteiger partial charge in [0.05, 0.1) is 29.9 Å². The van der Waals surface area contributed by atoms with E-state index in [-0.39, 0.29) is 7.33 Å². The van der Waals surface area contributed by atoms with Gasteiger partial charge in [0.1, 0.15) is 17.3 Å². The van der Waals surface area contributed by atoms with E-state index < -0.39 is 0 Å². The molecule has 244 valence electrons. The van der Waals surface area contributed by atoms with Gasteiger partial charge in [0.15, 0.2) is 0 Å². The van der Waals surface area contributed by atoms with Crippen LogP contribution in [0.25, 0.3) is 22.2 Å². The third-order valence-corrected chi connectivity index (χ3v) is 8.57. The van der Waals surface area contributed by atoms with Crippen LogP contribution in [0.5, 0.6) is 5.75 Å². The summed E-state index contributed by atoms with van der Waals surface area (Å²) in [6.45, 7) is 14.3. The van der Waals surface area contributed by atoms with E-state index in [2.05, 4.69) is 86.3 Å². The van der Waals surface area contributed by atoms with Crippen LogP contribution < -0.4 is 10.1 Å². The predicted octanol–water partition coefficient (Wildman–Crippen LogP) is 4.42. The van der Waals surface area contributed by atoms with Crippen molar-refractivity contribution in [2.75, 3.05) is 73.1 Å². The number of hydrogen-bond donors (Lipinski definition) is 1. The van der Waals surface area contributed by atoms with Gasteiger partial charge < -0.3 is 24.0 Å². The van der Waals surface area contributed by atoms with Crippen molar-refractivity contribution >= 4 is 16.9 Å². The molecular formula is C35H51N7O3. The Kier molecular flexibility index (Phi) is 11.3. The van der Waals surface area contributed by atoms with Gasteiger partial charge in [-0.25, -0.2) is 4.98 Å². The molecule has 1 aliphatic rings. The van der Waals surface area contributed by atoms with E-state index in [1.807, 2.05) is 20.8 Å². The van der Waals surface area contributed by atoms with Gasteiger partial charge in [-0.2, -0.15) is 0 Å². The highest BCUT2D eigenvalue weighted by Crippen LogP contribution is 2.30. The Bertz CT molecular complexity index is 1520. The van der Waals surface area contributed by atoms with Gasteiger partial charge in [-0.05, 0) is 83.1 Å². The molecule has 0 spiro atoms. The molecule has 45 heavy (non-hydrogen) atoms. The number of likely N-dealkylation sites (N-methyl/N-ethyl adjacent to an activating group) is 1. The lowest BCUT2D eigenvalue weighted by Gasteiger charge is -2.34. The zero-order valence-corrected chi connectivity index (χ0v) is 27.6. The molecule has 1 fully saturated rings. The number of amides is 1. The van der Waals surface area contributed by atoms with Gasteiger partial charge >= 0.3 is 0 Å². The van der Waals surface area contributed by atoms with E-state index in [0.29, 0.717) is 13.1 Å². The van der Waals surface area contributed by atoms with Crippen LogP contribution in [-0.2, 0) is 24.2 Å². The predicted molar refractivity (Wildman–Crippen MR) is 181 cm³/mol. The average Bonchev–Trinajstić information content (AvgIpc) is 3.55. The van der Waals surface area contributed by atoms with Crippen LogP contribution in [0.2, 0.25) is 0 Å². The molecule has 0 aliphatic carbocycles. The van der Waals surface area contributed by atoms with Crippen LogP contribution in [0.3, 0.4) is 0 Å². The summed E-state index contributed by atoms with van der Waals surface area (Å²) in [5.74, 6) is 2.95. The molecule has 10 nitrogen and oxygen atoms in total. The van der Waals surface area contributed by atoms with Gasteiger partial charge in [0, 0.05) is 65.8 Å². The number of ether oxygens (including phenoxy) is 1. The Morgan fingerprint density at radius 3 is 2.47 bits per heavy atom. The maximum atomic E-state index is 12.0. The molecule has 5 rings (SSSR count). The number of aromatic nitrogens is 3. The second kappa shape index (κ2) is 15.5. The molecule has 1 amide bonds. The van der Waals surface area contributed by atoms with E-state index in [4.69, 9.17) is 14.2 Å². The molecule has 10 heteroatoms. The van der Waals surface area contributed by atoms with Crippen LogP contribution in [-0.4, -0.2) is 108 Å². The number of hydrogen-bond acceptors (Lipinski definition) is 8. The number of nitrogens with one attached hydrogen (secondary N) is 1. The lowest BCUT2D eigenvalue weighted by Crippen LogP contribution is -2.50. The fourth-order valence-corrected chi connectivity index (χ4v) is 6.12. The van der Waals surface area contributed by atoms with Crippen molar-refractivity contribution in [3.63, 3.8) is 0 Å². The summed E-state index contributed by atoms with van der Waals surface area (Å²) >= 11 is 0. The Labute approximate surface area is 268 Å². The highest BCUT2D eigenvalue weighted by atomic mass is 16.5. The normalized spacial score (nSPS) is 14.4. The van der Waals surface area contributed by atoms with Gasteiger partial charge in [0.2, 0.25) is 5.91 Å². The van der Waals surface area contributed by atoms with Crippen molar-refractivity contribution < 1.29 is 15.5 Å². The molecule has 0 atom stereocenters. The van der Waals surface area contributed by atoms with Crippen molar-refractivity contribution in [2.24, 2.45) is 0 Å². The van der Waals surface area contributed by atoms with Gasteiger partial charge in [-0.3, -0.25) is 14.6 Å². The van der Waals surface area contributed by atoms with E-state index >= 15 is 0 Å². The number of rotatable bonds is 15. The van der Waals surface area contributed by atoms with Crippen molar-refractivity contribution in [2.45, 2.75) is 46.6 Å². The number of carbonyl (C=O) groups is 1. The standard InChI is InChI=1S/C35H49N7O3.H2/c1-6-36-34(43)25-41-19-17-40(18-20-41)21-22-42-32-14-11-29(35-26(2)38-45-27(35)3)24-31(32)37-33(42)15-10-28-8-12-30(13-9-28)44-23-7-16-39(4)5;/h8-9,11-14,24H,6-7,10,15-23,25H2,1-5H3,(H,36,43);1H. The zero-order chi connectivity index (χ0) is 31.8. The summed E-state index contributed by atoms with van der Waals surface area (Å²) < 4.78 is 13.8. The molecule has 4 aromatic rings. The largest absolute Gasteiger partial charge is 0.494 e. The van der Waals surface area contributed by atoms with Crippen molar-refractivity contribution in [1.29, 1.82) is 0 Å². The molecule has 2 aromatic heterocycles. The number of fused-ring (bicyclic) bond motifs is 1. The lowest BCUT2D eigenvalue weighted by atomic mass is 10.0. The molecule has 0 bridgehead atoms. The quantitative estimate of drug-likeness (QED) is 0.196. The molecule has 2 aromatic carbocycles. The van der Waals surface area contributed by atoms with Crippen molar-refractivity contribution in [3.05, 3.63) is 65.3 Å². The molecule has 0 unspecified atom stereocenters. The van der Waals surface area contributed by atoms with Crippen molar-refractivity contribution in [3.8, 4) is 16.9 Å². The first kappa shape index (κ1) is 32.7. The van der Waals surface area contributed by atoms with E-state index in [1.165, 1.54) is 5.56 Å². The molecule has 1 aliphatic heterocycles. The van der Waals surface area contributed by atoms with Crippen LogP contribution in [0.1, 0.15) is 37.6 Å². The minimum atomic E-state index is 0. The number of piperazine rings is 1. The van der Waals surface area contributed by atoms with Crippen LogP contribution in [0.15, 0.2) is 47.0 Å². The minimum Gasteiger partial charge on any atom is -0.494 e. The highest BCUT2D eigenvalue weighted by Gasteiger charge is 2.20. The van der Waals surface area contributed by atoms with E-state index in [1.54, 1.807) is 0 Å². The lowest BCUT2D eigenvalue weighted by molar-refractivity contribution is -0.122. The Balaban J connectivity index is 0.00000480. The first-order valence-corrected chi connectivity index (χ1v) is 16.3. The van der Waals surface area contributed by atoms with Gasteiger partial charge in [0.25, 0.3) is 0 Å². The summed E-state index contributed by atoms with van der Waals surface area (Å²) in [7, 11) is 4.17. The molecule has 0 saturated carbocycles. The third-order valence-electron chi connectivity index (χ3n) is 8.57.